The Balaban J connectivity index is 2.83. The van der Waals surface area contributed by atoms with Gasteiger partial charge in [-0.2, -0.15) is 0 Å². The van der Waals surface area contributed by atoms with Gasteiger partial charge in [-0.1, -0.05) is 0 Å². The summed E-state index contributed by atoms with van der Waals surface area (Å²) in [6, 6.07) is 4.72. The van der Waals surface area contributed by atoms with Crippen molar-refractivity contribution in [2.24, 2.45) is 0 Å². The van der Waals surface area contributed by atoms with Gasteiger partial charge < -0.3 is 20.1 Å². The molecule has 0 aliphatic rings. The van der Waals surface area contributed by atoms with Crippen molar-refractivity contribution < 1.29 is 19.1 Å². The van der Waals surface area contributed by atoms with E-state index in [1.54, 1.807) is 31.0 Å². The van der Waals surface area contributed by atoms with E-state index < -0.39 is 5.97 Å². The van der Waals surface area contributed by atoms with Crippen LogP contribution in [-0.4, -0.2) is 43.1 Å². The molecule has 0 fully saturated rings. The van der Waals surface area contributed by atoms with E-state index in [0.717, 1.165) is 0 Å². The van der Waals surface area contributed by atoms with Crippen molar-refractivity contribution in [2.45, 2.75) is 26.8 Å². The molecule has 1 amide bonds. The molecule has 0 aliphatic heterocycles. The van der Waals surface area contributed by atoms with E-state index in [2.05, 4.69) is 0 Å². The molecule has 0 spiro atoms. The largest absolute Gasteiger partial charge is 0.483 e. The first kappa shape index (κ1) is 16.8. The SMILES string of the molecule is CCOC(=O)c1cc(N)ccc1OCC(=O)N(C)C(C)C. The molecule has 116 valence electrons. The van der Waals surface area contributed by atoms with E-state index in [1.807, 2.05) is 13.8 Å². The van der Waals surface area contributed by atoms with Gasteiger partial charge in [0.05, 0.1) is 6.61 Å². The summed E-state index contributed by atoms with van der Waals surface area (Å²) < 4.78 is 10.4. The molecule has 0 unspecified atom stereocenters. The van der Waals surface area contributed by atoms with Crippen LogP contribution in [0.15, 0.2) is 18.2 Å². The van der Waals surface area contributed by atoms with Crippen molar-refractivity contribution in [3.05, 3.63) is 23.8 Å². The van der Waals surface area contributed by atoms with E-state index in [0.29, 0.717) is 5.69 Å². The van der Waals surface area contributed by atoms with Crippen molar-refractivity contribution in [1.29, 1.82) is 0 Å². The number of carbonyl (C=O) groups is 2. The molecule has 1 rings (SSSR count). The lowest BCUT2D eigenvalue weighted by atomic mass is 10.2. The van der Waals surface area contributed by atoms with Crippen LogP contribution in [0.1, 0.15) is 31.1 Å². The number of hydrogen-bond acceptors (Lipinski definition) is 5. The minimum atomic E-state index is -0.524. The lowest BCUT2D eigenvalue weighted by Crippen LogP contribution is -2.36. The minimum Gasteiger partial charge on any atom is -0.483 e. The second-order valence-electron chi connectivity index (χ2n) is 4.86. The molecule has 21 heavy (non-hydrogen) atoms. The number of esters is 1. The third-order valence-corrected chi connectivity index (χ3v) is 3.02. The Labute approximate surface area is 124 Å². The number of nitrogen functional groups attached to an aromatic ring is 1. The number of nitrogens with two attached hydrogens (primary N) is 1. The van der Waals surface area contributed by atoms with Crippen LogP contribution >= 0.6 is 0 Å². The number of hydrogen-bond donors (Lipinski definition) is 1. The highest BCUT2D eigenvalue weighted by atomic mass is 16.5. The fourth-order valence-corrected chi connectivity index (χ4v) is 1.57. The molecule has 0 aromatic heterocycles. The highest BCUT2D eigenvalue weighted by Gasteiger charge is 2.17. The Bertz CT molecular complexity index is 514. The third-order valence-electron chi connectivity index (χ3n) is 3.02. The van der Waals surface area contributed by atoms with Gasteiger partial charge in [-0.25, -0.2) is 4.79 Å². The van der Waals surface area contributed by atoms with Gasteiger partial charge in [0.25, 0.3) is 5.91 Å². The van der Waals surface area contributed by atoms with Crippen molar-refractivity contribution >= 4 is 17.6 Å². The third kappa shape index (κ3) is 4.66. The Kier molecular flexibility index (Phi) is 6.02. The highest BCUT2D eigenvalue weighted by molar-refractivity contribution is 5.93. The molecular formula is C15H22N2O4. The lowest BCUT2D eigenvalue weighted by molar-refractivity contribution is -0.133. The first-order valence-corrected chi connectivity index (χ1v) is 6.81. The normalized spacial score (nSPS) is 10.3. The molecule has 0 aliphatic carbocycles. The quantitative estimate of drug-likeness (QED) is 0.638. The zero-order chi connectivity index (χ0) is 16.0. The second kappa shape index (κ2) is 7.52. The molecule has 1 aromatic carbocycles. The zero-order valence-electron chi connectivity index (χ0n) is 12.9. The van der Waals surface area contributed by atoms with Gasteiger partial charge in [0.15, 0.2) is 6.61 Å². The van der Waals surface area contributed by atoms with E-state index in [9.17, 15) is 9.59 Å². The molecular weight excluding hydrogens is 272 g/mol. The second-order valence-corrected chi connectivity index (χ2v) is 4.86. The number of nitrogens with zero attached hydrogens (tertiary/aromatic N) is 1. The minimum absolute atomic E-state index is 0.0806. The van der Waals surface area contributed by atoms with Crippen molar-refractivity contribution in [2.75, 3.05) is 26.0 Å². The summed E-state index contributed by atoms with van der Waals surface area (Å²) in [5, 5.41) is 0. The molecule has 0 radical (unpaired) electrons. The molecule has 2 N–H and O–H groups in total. The van der Waals surface area contributed by atoms with Gasteiger partial charge >= 0.3 is 5.97 Å². The van der Waals surface area contributed by atoms with Crippen LogP contribution in [0.25, 0.3) is 0 Å². The Morgan fingerprint density at radius 2 is 2.00 bits per heavy atom. The summed E-state index contributed by atoms with van der Waals surface area (Å²) in [7, 11) is 1.70. The van der Waals surface area contributed by atoms with Gasteiger partial charge in [0, 0.05) is 18.8 Å². The van der Waals surface area contributed by atoms with Crippen LogP contribution in [-0.2, 0) is 9.53 Å². The number of benzene rings is 1. The maximum Gasteiger partial charge on any atom is 0.341 e. The van der Waals surface area contributed by atoms with E-state index in [1.165, 1.54) is 6.07 Å². The Morgan fingerprint density at radius 3 is 2.57 bits per heavy atom. The van der Waals surface area contributed by atoms with Crippen LogP contribution in [0.4, 0.5) is 5.69 Å². The average Bonchev–Trinajstić information content (AvgIpc) is 2.44. The monoisotopic (exact) mass is 294 g/mol. The summed E-state index contributed by atoms with van der Waals surface area (Å²) in [5.41, 5.74) is 6.31. The van der Waals surface area contributed by atoms with E-state index in [-0.39, 0.29) is 36.5 Å². The van der Waals surface area contributed by atoms with Crippen LogP contribution in [0, 0.1) is 0 Å². The van der Waals surface area contributed by atoms with Gasteiger partial charge in [-0.05, 0) is 39.0 Å². The standard InChI is InChI=1S/C15H22N2O4/c1-5-20-15(19)12-8-11(16)6-7-13(12)21-9-14(18)17(4)10(2)3/h6-8,10H,5,9,16H2,1-4H3. The Hall–Kier alpha value is -2.24. The van der Waals surface area contributed by atoms with E-state index in [4.69, 9.17) is 15.2 Å². The number of amides is 1. The van der Waals surface area contributed by atoms with Gasteiger partial charge in [0.2, 0.25) is 0 Å². The van der Waals surface area contributed by atoms with Gasteiger partial charge in [-0.3, -0.25) is 4.79 Å². The van der Waals surface area contributed by atoms with Crippen molar-refractivity contribution in [3.63, 3.8) is 0 Å². The summed E-state index contributed by atoms with van der Waals surface area (Å²) in [6.07, 6.45) is 0. The van der Waals surface area contributed by atoms with Gasteiger partial charge in [-0.15, -0.1) is 0 Å². The lowest BCUT2D eigenvalue weighted by Gasteiger charge is -2.21. The molecule has 6 nitrogen and oxygen atoms in total. The smallest absolute Gasteiger partial charge is 0.341 e. The molecule has 0 saturated heterocycles. The van der Waals surface area contributed by atoms with Crippen molar-refractivity contribution in [3.8, 4) is 5.75 Å². The number of rotatable bonds is 6. The summed E-state index contributed by atoms with van der Waals surface area (Å²) >= 11 is 0. The number of anilines is 1. The first-order chi connectivity index (χ1) is 9.86. The molecule has 6 heteroatoms. The zero-order valence-corrected chi connectivity index (χ0v) is 12.9. The Morgan fingerprint density at radius 1 is 1.33 bits per heavy atom. The molecule has 0 saturated carbocycles. The summed E-state index contributed by atoms with van der Waals surface area (Å²) in [4.78, 5) is 25.3. The number of carbonyl (C=O) groups excluding carboxylic acids is 2. The maximum atomic E-state index is 11.9. The highest BCUT2D eigenvalue weighted by Crippen LogP contribution is 2.22. The fourth-order valence-electron chi connectivity index (χ4n) is 1.57. The molecule has 1 aromatic rings. The predicted molar refractivity (Wildman–Crippen MR) is 80.2 cm³/mol. The fraction of sp³-hybridized carbons (Fsp3) is 0.467. The number of ether oxygens (including phenoxy) is 2. The topological polar surface area (TPSA) is 81.9 Å². The first-order valence-electron chi connectivity index (χ1n) is 6.81. The molecule has 0 atom stereocenters. The molecule has 0 bridgehead atoms. The average molecular weight is 294 g/mol. The van der Waals surface area contributed by atoms with Crippen LogP contribution in [0.2, 0.25) is 0 Å². The maximum absolute atomic E-state index is 11.9. The van der Waals surface area contributed by atoms with Gasteiger partial charge in [0.1, 0.15) is 11.3 Å². The molecule has 0 heterocycles. The van der Waals surface area contributed by atoms with Crippen LogP contribution in [0.3, 0.4) is 0 Å². The predicted octanol–water partition coefficient (Wildman–Crippen LogP) is 1.69. The van der Waals surface area contributed by atoms with Crippen LogP contribution < -0.4 is 10.5 Å². The van der Waals surface area contributed by atoms with Crippen LogP contribution in [0.5, 0.6) is 5.75 Å². The van der Waals surface area contributed by atoms with E-state index >= 15 is 0 Å². The number of likely N-dealkylation sites (N-methyl/N-ethyl adjacent to an activating group) is 1. The summed E-state index contributed by atoms with van der Waals surface area (Å²) in [6.45, 7) is 5.63. The van der Waals surface area contributed by atoms with Crippen molar-refractivity contribution in [1.82, 2.24) is 4.90 Å². The summed E-state index contributed by atoms with van der Waals surface area (Å²) in [5.74, 6) is -0.408.